The van der Waals surface area contributed by atoms with Gasteiger partial charge in [-0.25, -0.2) is 8.42 Å². The van der Waals surface area contributed by atoms with Crippen molar-refractivity contribution in [1.29, 1.82) is 0 Å². The molecule has 0 bridgehead atoms. The Bertz CT molecular complexity index is 923. The topological polar surface area (TPSA) is 110 Å². The van der Waals surface area contributed by atoms with Crippen molar-refractivity contribution in [3.8, 4) is 0 Å². The maximum Gasteiger partial charge on any atom is 0.274 e. The average Bonchev–Trinajstić information content (AvgIpc) is 2.55. The van der Waals surface area contributed by atoms with Gasteiger partial charge in [0.05, 0.1) is 21.1 Å². The highest BCUT2D eigenvalue weighted by Gasteiger charge is 2.19. The third-order valence-corrected chi connectivity index (χ3v) is 5.13. The molecule has 2 rings (SSSR count). The summed E-state index contributed by atoms with van der Waals surface area (Å²) in [7, 11) is -2.34. The smallest absolute Gasteiger partial charge is 0.274 e. The Balaban J connectivity index is 2.33. The first kappa shape index (κ1) is 18.4. The maximum absolute atomic E-state index is 12.5. The molecule has 0 fully saturated rings. The van der Waals surface area contributed by atoms with Crippen molar-refractivity contribution >= 4 is 33.0 Å². The number of rotatable bonds is 5. The first-order chi connectivity index (χ1) is 11.6. The molecule has 0 unspecified atom stereocenters. The highest BCUT2D eigenvalue weighted by Crippen LogP contribution is 2.27. The van der Waals surface area contributed by atoms with Gasteiger partial charge in [0.2, 0.25) is 5.91 Å². The summed E-state index contributed by atoms with van der Waals surface area (Å²) in [5.41, 5.74) is 0.750. The zero-order valence-corrected chi connectivity index (χ0v) is 14.7. The summed E-state index contributed by atoms with van der Waals surface area (Å²) in [5.74, 6) is -0.180. The van der Waals surface area contributed by atoms with Crippen LogP contribution in [0.1, 0.15) is 12.5 Å². The van der Waals surface area contributed by atoms with Crippen molar-refractivity contribution < 1.29 is 18.1 Å². The zero-order valence-electron chi connectivity index (χ0n) is 13.9. The van der Waals surface area contributed by atoms with Crippen LogP contribution in [-0.4, -0.2) is 26.3 Å². The molecule has 0 heterocycles. The molecule has 0 aromatic heterocycles. The van der Waals surface area contributed by atoms with Crippen LogP contribution in [0.15, 0.2) is 47.4 Å². The number of hydrogen-bond acceptors (Lipinski definition) is 5. The van der Waals surface area contributed by atoms with Gasteiger partial charge in [0.15, 0.2) is 0 Å². The van der Waals surface area contributed by atoms with Crippen LogP contribution in [0.5, 0.6) is 0 Å². The predicted molar refractivity (Wildman–Crippen MR) is 94.2 cm³/mol. The van der Waals surface area contributed by atoms with Crippen LogP contribution in [-0.2, 0) is 14.8 Å². The second-order valence-corrected chi connectivity index (χ2v) is 7.07. The van der Waals surface area contributed by atoms with Crippen LogP contribution in [0, 0.1) is 17.0 Å². The van der Waals surface area contributed by atoms with Crippen molar-refractivity contribution in [3.63, 3.8) is 0 Å². The van der Waals surface area contributed by atoms with E-state index in [0.717, 1.165) is 0 Å². The molecule has 0 saturated carbocycles. The van der Waals surface area contributed by atoms with E-state index in [4.69, 9.17) is 0 Å². The van der Waals surface area contributed by atoms with Crippen molar-refractivity contribution in [2.75, 3.05) is 16.7 Å². The van der Waals surface area contributed by atoms with E-state index in [2.05, 4.69) is 4.72 Å². The fourth-order valence-corrected chi connectivity index (χ4v) is 3.29. The molecule has 0 saturated heterocycles. The molecular formula is C16H17N3O5S. The van der Waals surface area contributed by atoms with E-state index in [0.29, 0.717) is 5.69 Å². The summed E-state index contributed by atoms with van der Waals surface area (Å²) < 4.78 is 27.3. The van der Waals surface area contributed by atoms with Gasteiger partial charge in [-0.3, -0.25) is 19.6 Å². The average molecular weight is 363 g/mol. The summed E-state index contributed by atoms with van der Waals surface area (Å²) in [5, 5.41) is 11.0. The molecule has 0 aliphatic rings. The number of amides is 1. The van der Waals surface area contributed by atoms with Gasteiger partial charge in [-0.1, -0.05) is 6.07 Å². The Labute approximate surface area is 145 Å². The van der Waals surface area contributed by atoms with Crippen molar-refractivity contribution in [2.45, 2.75) is 18.7 Å². The molecule has 1 amide bonds. The van der Waals surface area contributed by atoms with Crippen LogP contribution in [0.2, 0.25) is 0 Å². The van der Waals surface area contributed by atoms with Crippen LogP contribution >= 0.6 is 0 Å². The van der Waals surface area contributed by atoms with Crippen LogP contribution in [0.3, 0.4) is 0 Å². The third kappa shape index (κ3) is 3.94. The molecular weight excluding hydrogens is 346 g/mol. The number of anilines is 2. The highest BCUT2D eigenvalue weighted by molar-refractivity contribution is 7.92. The van der Waals surface area contributed by atoms with Gasteiger partial charge in [-0.05, 0) is 37.3 Å². The molecule has 0 spiro atoms. The van der Waals surface area contributed by atoms with Gasteiger partial charge < -0.3 is 4.90 Å². The molecule has 25 heavy (non-hydrogen) atoms. The largest absolute Gasteiger partial charge is 0.316 e. The Morgan fingerprint density at radius 1 is 1.16 bits per heavy atom. The van der Waals surface area contributed by atoms with E-state index in [1.807, 2.05) is 0 Å². The standard InChI is InChI=1S/C16H17N3O5S/c1-11-15(5-4-6-16(11)19(21)22)17-25(23,24)14-9-7-13(8-10-14)18(3)12(2)20/h4-10,17H,1-3H3. The Kier molecular flexibility index (Phi) is 5.07. The van der Waals surface area contributed by atoms with Crippen molar-refractivity contribution in [1.82, 2.24) is 0 Å². The molecule has 8 nitrogen and oxygen atoms in total. The molecule has 132 valence electrons. The molecule has 9 heteroatoms. The molecule has 0 aliphatic carbocycles. The number of sulfonamides is 1. The Morgan fingerprint density at radius 2 is 1.76 bits per heavy atom. The summed E-state index contributed by atoms with van der Waals surface area (Å²) >= 11 is 0. The second kappa shape index (κ2) is 6.89. The number of hydrogen-bond donors (Lipinski definition) is 1. The molecule has 2 aromatic rings. The first-order valence-corrected chi connectivity index (χ1v) is 8.73. The Morgan fingerprint density at radius 3 is 2.28 bits per heavy atom. The lowest BCUT2D eigenvalue weighted by atomic mass is 10.2. The minimum absolute atomic E-state index is 0.0147. The molecule has 0 aliphatic heterocycles. The van der Waals surface area contributed by atoms with Gasteiger partial charge in [0.25, 0.3) is 15.7 Å². The van der Waals surface area contributed by atoms with Crippen molar-refractivity contribution in [2.24, 2.45) is 0 Å². The quantitative estimate of drug-likeness (QED) is 0.649. The van der Waals surface area contributed by atoms with Crippen LogP contribution in [0.25, 0.3) is 0 Å². The van der Waals surface area contributed by atoms with Crippen LogP contribution in [0.4, 0.5) is 17.1 Å². The number of carbonyl (C=O) groups is 1. The summed E-state index contributed by atoms with van der Waals surface area (Å²) in [4.78, 5) is 23.1. The lowest BCUT2D eigenvalue weighted by Gasteiger charge is -2.15. The molecule has 2 aromatic carbocycles. The lowest BCUT2D eigenvalue weighted by Crippen LogP contribution is -2.22. The summed E-state index contributed by atoms with van der Waals surface area (Å²) in [6.07, 6.45) is 0. The number of carbonyl (C=O) groups excluding carboxylic acids is 1. The minimum atomic E-state index is -3.92. The van der Waals surface area contributed by atoms with E-state index in [-0.39, 0.29) is 27.7 Å². The van der Waals surface area contributed by atoms with Gasteiger partial charge in [0.1, 0.15) is 0 Å². The fraction of sp³-hybridized carbons (Fsp3) is 0.188. The number of nitro groups is 1. The number of nitro benzene ring substituents is 1. The lowest BCUT2D eigenvalue weighted by molar-refractivity contribution is -0.385. The van der Waals surface area contributed by atoms with Gasteiger partial charge in [-0.2, -0.15) is 0 Å². The second-order valence-electron chi connectivity index (χ2n) is 5.38. The van der Waals surface area contributed by atoms with Gasteiger partial charge in [0, 0.05) is 25.7 Å². The SMILES string of the molecule is CC(=O)N(C)c1ccc(S(=O)(=O)Nc2cccc([N+](=O)[O-])c2C)cc1. The third-order valence-electron chi connectivity index (χ3n) is 3.75. The predicted octanol–water partition coefficient (Wildman–Crippen LogP) is 2.69. The van der Waals surface area contributed by atoms with Crippen LogP contribution < -0.4 is 9.62 Å². The van der Waals surface area contributed by atoms with Gasteiger partial charge >= 0.3 is 0 Å². The fourth-order valence-electron chi connectivity index (χ4n) is 2.17. The highest BCUT2D eigenvalue weighted by atomic mass is 32.2. The van der Waals surface area contributed by atoms with E-state index in [9.17, 15) is 23.3 Å². The molecule has 0 radical (unpaired) electrons. The zero-order chi connectivity index (χ0) is 18.8. The van der Waals surface area contributed by atoms with E-state index in [1.54, 1.807) is 7.05 Å². The monoisotopic (exact) mass is 363 g/mol. The Hall–Kier alpha value is -2.94. The minimum Gasteiger partial charge on any atom is -0.316 e. The maximum atomic E-state index is 12.5. The van der Waals surface area contributed by atoms with Crippen molar-refractivity contribution in [3.05, 3.63) is 58.1 Å². The summed E-state index contributed by atoms with van der Waals surface area (Å²) in [6.45, 7) is 2.87. The summed E-state index contributed by atoms with van der Waals surface area (Å²) in [6, 6.07) is 9.92. The number of nitrogens with zero attached hydrogens (tertiary/aromatic N) is 2. The van der Waals surface area contributed by atoms with Gasteiger partial charge in [-0.15, -0.1) is 0 Å². The normalized spacial score (nSPS) is 11.0. The first-order valence-electron chi connectivity index (χ1n) is 7.24. The molecule has 0 atom stereocenters. The number of benzene rings is 2. The van der Waals surface area contributed by atoms with E-state index >= 15 is 0 Å². The van der Waals surface area contributed by atoms with E-state index < -0.39 is 14.9 Å². The molecule has 1 N–H and O–H groups in total. The number of nitrogens with one attached hydrogen (secondary N) is 1. The van der Waals surface area contributed by atoms with E-state index in [1.165, 1.54) is 61.2 Å².